The van der Waals surface area contributed by atoms with E-state index < -0.39 is 0 Å². The van der Waals surface area contributed by atoms with Crippen LogP contribution in [-0.2, 0) is 13.6 Å². The first-order valence-electron chi connectivity index (χ1n) is 5.75. The van der Waals surface area contributed by atoms with Crippen LogP contribution in [0.25, 0.3) is 0 Å². The fourth-order valence-corrected chi connectivity index (χ4v) is 2.17. The number of rotatable bonds is 4. The minimum absolute atomic E-state index is 0.254. The van der Waals surface area contributed by atoms with Gasteiger partial charge in [-0.15, -0.1) is 0 Å². The lowest BCUT2D eigenvalue weighted by molar-refractivity contribution is 0.574. The Labute approximate surface area is 107 Å². The molecule has 2 nitrogen and oxygen atoms in total. The third-order valence-corrected chi connectivity index (χ3v) is 3.22. The minimum Gasteiger partial charge on any atom is -0.357 e. The Balaban J connectivity index is 1.98. The molecule has 0 bridgehead atoms. The second kappa shape index (κ2) is 5.39. The van der Waals surface area contributed by atoms with E-state index in [1.54, 1.807) is 0 Å². The molecule has 1 aromatic heterocycles. The van der Waals surface area contributed by atoms with E-state index in [0.29, 0.717) is 0 Å². The zero-order chi connectivity index (χ0) is 12.3. The van der Waals surface area contributed by atoms with Crippen molar-refractivity contribution in [2.75, 3.05) is 0 Å². The molecule has 1 atom stereocenters. The third kappa shape index (κ3) is 3.11. The third-order valence-electron chi connectivity index (χ3n) is 2.88. The molecule has 1 heterocycles. The van der Waals surface area contributed by atoms with Crippen LogP contribution in [0.4, 0.5) is 0 Å². The smallest absolute Gasteiger partial charge is 0.0453 e. The number of hydrogen-bond donors (Lipinski definition) is 1. The highest BCUT2D eigenvalue weighted by molar-refractivity contribution is 6.31. The Kier molecular flexibility index (Phi) is 3.87. The van der Waals surface area contributed by atoms with Gasteiger partial charge in [-0.1, -0.05) is 29.8 Å². The lowest BCUT2D eigenvalue weighted by Gasteiger charge is -2.15. The molecule has 0 spiro atoms. The lowest BCUT2D eigenvalue weighted by Crippen LogP contribution is -2.18. The van der Waals surface area contributed by atoms with Crippen LogP contribution in [0.3, 0.4) is 0 Å². The molecule has 0 aliphatic rings. The molecule has 3 heteroatoms. The van der Waals surface area contributed by atoms with Crippen LogP contribution in [-0.4, -0.2) is 4.57 Å². The van der Waals surface area contributed by atoms with Gasteiger partial charge in [0.25, 0.3) is 0 Å². The normalized spacial score (nSPS) is 12.6. The van der Waals surface area contributed by atoms with E-state index in [4.69, 9.17) is 11.6 Å². The number of aryl methyl sites for hydroxylation is 1. The van der Waals surface area contributed by atoms with Crippen LogP contribution in [0.15, 0.2) is 42.7 Å². The second-order valence-corrected chi connectivity index (χ2v) is 4.72. The first-order chi connectivity index (χ1) is 8.16. The van der Waals surface area contributed by atoms with Gasteiger partial charge in [-0.05, 0) is 30.2 Å². The fraction of sp³-hybridized carbons (Fsp3) is 0.286. The highest BCUT2D eigenvalue weighted by Crippen LogP contribution is 2.22. The van der Waals surface area contributed by atoms with Crippen LogP contribution in [0.1, 0.15) is 24.1 Å². The van der Waals surface area contributed by atoms with Crippen molar-refractivity contribution in [1.82, 2.24) is 9.88 Å². The molecule has 1 N–H and O–H groups in total. The van der Waals surface area contributed by atoms with Crippen LogP contribution in [0.5, 0.6) is 0 Å². The predicted molar refractivity (Wildman–Crippen MR) is 72.1 cm³/mol. The average molecular weight is 249 g/mol. The number of halogens is 1. The molecule has 90 valence electrons. The van der Waals surface area contributed by atoms with E-state index in [1.165, 1.54) is 5.56 Å². The molecular weight excluding hydrogens is 232 g/mol. The van der Waals surface area contributed by atoms with Crippen molar-refractivity contribution in [2.24, 2.45) is 7.05 Å². The van der Waals surface area contributed by atoms with Crippen LogP contribution >= 0.6 is 11.6 Å². The Morgan fingerprint density at radius 2 is 2.06 bits per heavy atom. The van der Waals surface area contributed by atoms with Gasteiger partial charge in [0.05, 0.1) is 0 Å². The summed E-state index contributed by atoms with van der Waals surface area (Å²) < 4.78 is 2.05. The number of hydrogen-bond acceptors (Lipinski definition) is 1. The summed E-state index contributed by atoms with van der Waals surface area (Å²) in [5.74, 6) is 0. The van der Waals surface area contributed by atoms with E-state index >= 15 is 0 Å². The standard InChI is InChI=1S/C14H17ClN2/c1-11(13-5-3-4-6-14(13)15)16-9-12-7-8-17(2)10-12/h3-8,10-11,16H,9H2,1-2H3. The summed E-state index contributed by atoms with van der Waals surface area (Å²) >= 11 is 6.16. The molecule has 17 heavy (non-hydrogen) atoms. The number of nitrogens with one attached hydrogen (secondary N) is 1. The van der Waals surface area contributed by atoms with E-state index in [9.17, 15) is 0 Å². The van der Waals surface area contributed by atoms with E-state index in [1.807, 2.05) is 25.2 Å². The van der Waals surface area contributed by atoms with Gasteiger partial charge in [0.2, 0.25) is 0 Å². The monoisotopic (exact) mass is 248 g/mol. The summed E-state index contributed by atoms with van der Waals surface area (Å²) in [6, 6.07) is 10.3. The van der Waals surface area contributed by atoms with Crippen molar-refractivity contribution >= 4 is 11.6 Å². The molecule has 1 unspecified atom stereocenters. The molecular formula is C14H17ClN2. The fourth-order valence-electron chi connectivity index (χ4n) is 1.87. The Hall–Kier alpha value is -1.25. The molecule has 0 aliphatic heterocycles. The van der Waals surface area contributed by atoms with Crippen LogP contribution < -0.4 is 5.32 Å². The zero-order valence-electron chi connectivity index (χ0n) is 10.2. The summed E-state index contributed by atoms with van der Waals surface area (Å²) in [6.07, 6.45) is 4.17. The molecule has 0 amide bonds. The molecule has 0 saturated carbocycles. The second-order valence-electron chi connectivity index (χ2n) is 4.31. The average Bonchev–Trinajstić information content (AvgIpc) is 2.73. The summed E-state index contributed by atoms with van der Waals surface area (Å²) in [5, 5.41) is 4.29. The SMILES string of the molecule is CC(NCc1ccn(C)c1)c1ccccc1Cl. The molecule has 2 rings (SSSR count). The number of benzene rings is 1. The largest absolute Gasteiger partial charge is 0.357 e. The van der Waals surface area contributed by atoms with Gasteiger partial charge in [-0.25, -0.2) is 0 Å². The van der Waals surface area contributed by atoms with Crippen molar-refractivity contribution in [3.05, 3.63) is 58.9 Å². The Bertz CT molecular complexity index is 490. The van der Waals surface area contributed by atoms with Gasteiger partial charge in [0.15, 0.2) is 0 Å². The first kappa shape index (κ1) is 12.2. The molecule has 0 aliphatic carbocycles. The van der Waals surface area contributed by atoms with Crippen LogP contribution in [0, 0.1) is 0 Å². The van der Waals surface area contributed by atoms with Crippen molar-refractivity contribution in [1.29, 1.82) is 0 Å². The van der Waals surface area contributed by atoms with Gasteiger partial charge >= 0.3 is 0 Å². The topological polar surface area (TPSA) is 17.0 Å². The quantitative estimate of drug-likeness (QED) is 0.876. The van der Waals surface area contributed by atoms with E-state index in [2.05, 4.69) is 41.3 Å². The molecule has 0 fully saturated rings. The summed E-state index contributed by atoms with van der Waals surface area (Å²) in [6.45, 7) is 2.98. The molecule has 1 aromatic carbocycles. The first-order valence-corrected chi connectivity index (χ1v) is 6.13. The Morgan fingerprint density at radius 1 is 1.29 bits per heavy atom. The summed E-state index contributed by atoms with van der Waals surface area (Å²) in [4.78, 5) is 0. The van der Waals surface area contributed by atoms with E-state index in [0.717, 1.165) is 17.1 Å². The number of aromatic nitrogens is 1. The maximum Gasteiger partial charge on any atom is 0.0453 e. The van der Waals surface area contributed by atoms with Gasteiger partial charge in [0.1, 0.15) is 0 Å². The zero-order valence-corrected chi connectivity index (χ0v) is 10.9. The van der Waals surface area contributed by atoms with Crippen molar-refractivity contribution in [3.8, 4) is 0 Å². The van der Waals surface area contributed by atoms with Gasteiger partial charge in [0, 0.05) is 37.1 Å². The van der Waals surface area contributed by atoms with Crippen molar-refractivity contribution in [3.63, 3.8) is 0 Å². The highest BCUT2D eigenvalue weighted by Gasteiger charge is 2.08. The van der Waals surface area contributed by atoms with Crippen LogP contribution in [0.2, 0.25) is 5.02 Å². The van der Waals surface area contributed by atoms with Gasteiger partial charge in [-0.3, -0.25) is 0 Å². The van der Waals surface area contributed by atoms with Gasteiger partial charge in [-0.2, -0.15) is 0 Å². The lowest BCUT2D eigenvalue weighted by atomic mass is 10.1. The maximum atomic E-state index is 6.16. The van der Waals surface area contributed by atoms with Gasteiger partial charge < -0.3 is 9.88 Å². The maximum absolute atomic E-state index is 6.16. The molecule has 0 saturated heterocycles. The highest BCUT2D eigenvalue weighted by atomic mass is 35.5. The summed E-state index contributed by atoms with van der Waals surface area (Å²) in [5.41, 5.74) is 2.43. The molecule has 0 radical (unpaired) electrons. The van der Waals surface area contributed by atoms with Crippen molar-refractivity contribution < 1.29 is 0 Å². The molecule has 2 aromatic rings. The van der Waals surface area contributed by atoms with Crippen molar-refractivity contribution in [2.45, 2.75) is 19.5 Å². The minimum atomic E-state index is 0.254. The summed E-state index contributed by atoms with van der Waals surface area (Å²) in [7, 11) is 2.03. The number of nitrogens with zero attached hydrogens (tertiary/aromatic N) is 1. The Morgan fingerprint density at radius 3 is 2.71 bits per heavy atom. The predicted octanol–water partition coefficient (Wildman–Crippen LogP) is 3.53. The van der Waals surface area contributed by atoms with E-state index in [-0.39, 0.29) is 6.04 Å².